The van der Waals surface area contributed by atoms with Gasteiger partial charge in [-0.15, -0.1) is 0 Å². The fourth-order valence-electron chi connectivity index (χ4n) is 6.29. The molecule has 3 amide bonds. The highest BCUT2D eigenvalue weighted by molar-refractivity contribution is 6.30. The highest BCUT2D eigenvalue weighted by Gasteiger charge is 2.32. The van der Waals surface area contributed by atoms with Gasteiger partial charge in [-0.1, -0.05) is 60.1 Å². The molecule has 6 rings (SSSR count). The number of amides is 3. The molecule has 3 aromatic carbocycles. The molecule has 226 valence electrons. The van der Waals surface area contributed by atoms with Gasteiger partial charge < -0.3 is 19.5 Å². The van der Waals surface area contributed by atoms with Crippen molar-refractivity contribution in [3.05, 3.63) is 117 Å². The van der Waals surface area contributed by atoms with Crippen molar-refractivity contribution >= 4 is 40.3 Å². The van der Waals surface area contributed by atoms with Crippen molar-refractivity contribution in [2.75, 3.05) is 19.6 Å². The summed E-state index contributed by atoms with van der Waals surface area (Å²) in [6.45, 7) is 2.49. The molecule has 2 saturated heterocycles. The van der Waals surface area contributed by atoms with Crippen molar-refractivity contribution in [1.29, 1.82) is 0 Å². The van der Waals surface area contributed by atoms with Crippen LogP contribution in [-0.4, -0.2) is 53.2 Å². The van der Waals surface area contributed by atoms with Crippen LogP contribution in [0.5, 0.6) is 0 Å². The molecule has 0 saturated carbocycles. The Morgan fingerprint density at radius 1 is 0.932 bits per heavy atom. The smallest absolute Gasteiger partial charge is 0.287 e. The van der Waals surface area contributed by atoms with Crippen LogP contribution >= 0.6 is 11.6 Å². The molecular formula is C35H34ClN3O5. The second kappa shape index (κ2) is 13.1. The lowest BCUT2D eigenvalue weighted by atomic mass is 9.86. The second-order valence-corrected chi connectivity index (χ2v) is 12.0. The summed E-state index contributed by atoms with van der Waals surface area (Å²) < 4.78 is 5.75. The van der Waals surface area contributed by atoms with Crippen molar-refractivity contribution in [1.82, 2.24) is 15.1 Å². The first-order chi connectivity index (χ1) is 21.4. The maximum Gasteiger partial charge on any atom is 0.287 e. The lowest BCUT2D eigenvalue weighted by Gasteiger charge is -2.35. The number of fused-ring (bicyclic) bond motifs is 1. The summed E-state index contributed by atoms with van der Waals surface area (Å²) in [5.41, 5.74) is 3.22. The van der Waals surface area contributed by atoms with E-state index in [-0.39, 0.29) is 35.3 Å². The number of para-hydroxylation sites is 1. The van der Waals surface area contributed by atoms with Gasteiger partial charge in [0.25, 0.3) is 5.91 Å². The number of hydrogen-bond acceptors (Lipinski definition) is 5. The van der Waals surface area contributed by atoms with E-state index in [2.05, 4.69) is 17.4 Å². The zero-order valence-corrected chi connectivity index (χ0v) is 25.1. The van der Waals surface area contributed by atoms with Crippen LogP contribution in [0.25, 0.3) is 11.0 Å². The summed E-state index contributed by atoms with van der Waals surface area (Å²) in [5, 5.41) is 3.81. The van der Waals surface area contributed by atoms with E-state index >= 15 is 0 Å². The van der Waals surface area contributed by atoms with Crippen LogP contribution in [0.3, 0.4) is 0 Å². The highest BCUT2D eigenvalue weighted by atomic mass is 35.5. The lowest BCUT2D eigenvalue weighted by molar-refractivity contribution is -0.134. The number of piperidine rings is 1. The first-order valence-electron chi connectivity index (χ1n) is 15.1. The molecule has 0 radical (unpaired) electrons. The Balaban J connectivity index is 1.18. The van der Waals surface area contributed by atoms with Crippen LogP contribution in [0.2, 0.25) is 5.02 Å². The third-order valence-electron chi connectivity index (χ3n) is 8.65. The van der Waals surface area contributed by atoms with E-state index in [4.69, 9.17) is 16.0 Å². The highest BCUT2D eigenvalue weighted by Crippen LogP contribution is 2.32. The van der Waals surface area contributed by atoms with Crippen molar-refractivity contribution in [3.8, 4) is 0 Å². The van der Waals surface area contributed by atoms with Crippen LogP contribution in [-0.2, 0) is 22.6 Å². The van der Waals surface area contributed by atoms with Gasteiger partial charge in [-0.25, -0.2) is 0 Å². The van der Waals surface area contributed by atoms with Gasteiger partial charge in [0.15, 0.2) is 11.2 Å². The van der Waals surface area contributed by atoms with Gasteiger partial charge in [-0.2, -0.15) is 0 Å². The third kappa shape index (κ3) is 6.55. The lowest BCUT2D eigenvalue weighted by Crippen LogP contribution is -2.51. The number of carbonyl (C=O) groups is 3. The van der Waals surface area contributed by atoms with Crippen molar-refractivity contribution < 1.29 is 18.8 Å². The maximum absolute atomic E-state index is 13.9. The van der Waals surface area contributed by atoms with Crippen LogP contribution in [0.15, 0.2) is 88.1 Å². The number of benzene rings is 3. The number of rotatable bonds is 8. The molecule has 3 heterocycles. The number of hydrogen-bond donors (Lipinski definition) is 1. The summed E-state index contributed by atoms with van der Waals surface area (Å²) >= 11 is 6.08. The predicted octanol–water partition coefficient (Wildman–Crippen LogP) is 5.32. The summed E-state index contributed by atoms with van der Waals surface area (Å²) in [5.74, 6) is -0.484. The zero-order valence-electron chi connectivity index (χ0n) is 24.3. The van der Waals surface area contributed by atoms with Gasteiger partial charge in [0.1, 0.15) is 11.6 Å². The molecule has 0 spiro atoms. The van der Waals surface area contributed by atoms with E-state index in [0.717, 1.165) is 36.9 Å². The van der Waals surface area contributed by atoms with E-state index in [1.807, 2.05) is 29.2 Å². The molecular weight excluding hydrogens is 578 g/mol. The molecule has 2 aliphatic heterocycles. The molecule has 9 heteroatoms. The second-order valence-electron chi connectivity index (χ2n) is 11.5. The van der Waals surface area contributed by atoms with Crippen molar-refractivity contribution in [2.45, 2.75) is 50.6 Å². The first kappa shape index (κ1) is 29.6. The van der Waals surface area contributed by atoms with Gasteiger partial charge in [0, 0.05) is 50.1 Å². The third-order valence-corrected chi connectivity index (χ3v) is 8.90. The fourth-order valence-corrected chi connectivity index (χ4v) is 6.41. The Hall–Kier alpha value is -4.43. The van der Waals surface area contributed by atoms with Gasteiger partial charge in [-0.3, -0.25) is 19.2 Å². The molecule has 1 N–H and O–H groups in total. The molecule has 2 aliphatic rings. The SMILES string of the molecule is O=C(N[C@H](Cc1ccc(Cl)cc1)C(=O)N1CCC(c2ccccc2CN2CCCC2=O)CC1)c1cc(=O)c2ccccc2o1. The number of nitrogens with zero attached hydrogens (tertiary/aromatic N) is 2. The molecule has 0 unspecified atom stereocenters. The zero-order chi connectivity index (χ0) is 30.6. The quantitative estimate of drug-likeness (QED) is 0.291. The fraction of sp³-hybridized carbons (Fsp3) is 0.314. The normalized spacial score (nSPS) is 16.3. The topological polar surface area (TPSA) is 99.9 Å². The van der Waals surface area contributed by atoms with Gasteiger partial charge >= 0.3 is 0 Å². The van der Waals surface area contributed by atoms with E-state index in [1.54, 1.807) is 41.3 Å². The molecule has 1 aromatic heterocycles. The summed E-state index contributed by atoms with van der Waals surface area (Å²) in [7, 11) is 0. The Bertz CT molecular complexity index is 1740. The summed E-state index contributed by atoms with van der Waals surface area (Å²) in [6, 6.07) is 22.5. The minimum Gasteiger partial charge on any atom is -0.451 e. The van der Waals surface area contributed by atoms with Gasteiger partial charge in [0.05, 0.1) is 5.39 Å². The van der Waals surface area contributed by atoms with Crippen LogP contribution in [0.4, 0.5) is 0 Å². The number of nitrogens with one attached hydrogen (secondary N) is 1. The summed E-state index contributed by atoms with van der Waals surface area (Å²) in [6.07, 6.45) is 3.33. The van der Waals surface area contributed by atoms with E-state index in [9.17, 15) is 19.2 Å². The van der Waals surface area contributed by atoms with Crippen LogP contribution in [0, 0.1) is 0 Å². The molecule has 44 heavy (non-hydrogen) atoms. The van der Waals surface area contributed by atoms with Crippen LogP contribution < -0.4 is 10.7 Å². The molecule has 0 aliphatic carbocycles. The molecule has 2 fully saturated rings. The van der Waals surface area contributed by atoms with Gasteiger partial charge in [0.2, 0.25) is 11.8 Å². The van der Waals surface area contributed by atoms with E-state index < -0.39 is 11.9 Å². The Labute approximate surface area is 260 Å². The van der Waals surface area contributed by atoms with Crippen molar-refractivity contribution in [2.24, 2.45) is 0 Å². The number of halogens is 1. The monoisotopic (exact) mass is 611 g/mol. The van der Waals surface area contributed by atoms with Gasteiger partial charge in [-0.05, 0) is 66.1 Å². The van der Waals surface area contributed by atoms with Crippen molar-refractivity contribution in [3.63, 3.8) is 0 Å². The minimum atomic E-state index is -0.870. The molecule has 8 nitrogen and oxygen atoms in total. The standard InChI is InChI=1S/C35H34ClN3O5/c36-26-13-11-23(12-14-26)20-29(37-34(42)32-21-30(40)28-8-3-4-9-31(28)44-32)35(43)38-18-15-24(16-19-38)27-7-2-1-6-25(27)22-39-17-5-10-33(39)41/h1-4,6-9,11-14,21,24,29H,5,10,15-20,22H2,(H,37,42)/t29-/m1/s1. The number of likely N-dealkylation sites (tertiary alicyclic amines) is 2. The number of carbonyl (C=O) groups excluding carboxylic acids is 3. The minimum absolute atomic E-state index is 0.144. The van der Waals surface area contributed by atoms with E-state index in [0.29, 0.717) is 42.0 Å². The Morgan fingerprint density at radius 2 is 1.66 bits per heavy atom. The van der Waals surface area contributed by atoms with Crippen LogP contribution in [0.1, 0.15) is 58.8 Å². The Kier molecular flexibility index (Phi) is 8.79. The Morgan fingerprint density at radius 3 is 2.41 bits per heavy atom. The molecule has 0 bridgehead atoms. The maximum atomic E-state index is 13.9. The van der Waals surface area contributed by atoms with E-state index in [1.165, 1.54) is 11.6 Å². The first-order valence-corrected chi connectivity index (χ1v) is 15.5. The summed E-state index contributed by atoms with van der Waals surface area (Å²) in [4.78, 5) is 55.9. The predicted molar refractivity (Wildman–Crippen MR) is 169 cm³/mol. The average molecular weight is 612 g/mol. The average Bonchev–Trinajstić information content (AvgIpc) is 3.45. The largest absolute Gasteiger partial charge is 0.451 e. The molecule has 4 aromatic rings. The molecule has 1 atom stereocenters.